The van der Waals surface area contributed by atoms with E-state index in [-0.39, 0.29) is 10.8 Å². The lowest BCUT2D eigenvalue weighted by molar-refractivity contribution is 0.0304. The zero-order valence-corrected chi connectivity index (χ0v) is 13.3. The highest BCUT2D eigenvalue weighted by molar-refractivity contribution is 7.89. The van der Waals surface area contributed by atoms with Gasteiger partial charge >= 0.3 is 0 Å². The van der Waals surface area contributed by atoms with E-state index in [4.69, 9.17) is 4.74 Å². The fraction of sp³-hybridized carbons (Fsp3) is 0.615. The van der Waals surface area contributed by atoms with Gasteiger partial charge in [-0.1, -0.05) is 0 Å². The fourth-order valence-electron chi connectivity index (χ4n) is 2.63. The number of nitrogens with zero attached hydrogens (tertiary/aromatic N) is 2. The van der Waals surface area contributed by atoms with Crippen LogP contribution in [0, 0.1) is 0 Å². The Morgan fingerprint density at radius 3 is 2.48 bits per heavy atom. The Bertz CT molecular complexity index is 614. The Hall–Kier alpha value is -0.960. The second-order valence-corrected chi connectivity index (χ2v) is 7.95. The minimum absolute atomic E-state index is 0.158. The molecule has 1 amide bonds. The Labute approximate surface area is 128 Å². The highest BCUT2D eigenvalue weighted by Gasteiger charge is 2.33. The van der Waals surface area contributed by atoms with Gasteiger partial charge in [-0.05, 0) is 24.3 Å². The van der Waals surface area contributed by atoms with Crippen molar-refractivity contribution in [1.82, 2.24) is 9.21 Å². The summed E-state index contributed by atoms with van der Waals surface area (Å²) in [4.78, 5) is 14.7. The highest BCUT2D eigenvalue weighted by atomic mass is 32.2. The van der Waals surface area contributed by atoms with Crippen LogP contribution in [-0.4, -0.2) is 62.9 Å². The summed E-state index contributed by atoms with van der Waals surface area (Å²) in [6, 6.07) is 1.55. The predicted molar refractivity (Wildman–Crippen MR) is 79.0 cm³/mol. The molecule has 0 bridgehead atoms. The SMILES string of the molecule is O=C(c1sccc1S(=O)(=O)N1CCCC1)N1CCOCC1. The number of sulfonamides is 1. The number of thiophene rings is 1. The number of hydrogen-bond donors (Lipinski definition) is 0. The van der Waals surface area contributed by atoms with Gasteiger partial charge in [-0.25, -0.2) is 8.42 Å². The van der Waals surface area contributed by atoms with E-state index in [0.717, 1.165) is 12.8 Å². The Kier molecular flexibility index (Phi) is 4.30. The average molecular weight is 330 g/mol. The zero-order chi connectivity index (χ0) is 14.9. The number of ether oxygens (including phenoxy) is 1. The molecule has 0 unspecified atom stereocenters. The third-order valence-electron chi connectivity index (χ3n) is 3.80. The van der Waals surface area contributed by atoms with Crippen molar-refractivity contribution >= 4 is 27.3 Å². The summed E-state index contributed by atoms with van der Waals surface area (Å²) >= 11 is 1.20. The van der Waals surface area contributed by atoms with Crippen molar-refractivity contribution < 1.29 is 17.9 Å². The molecule has 2 fully saturated rings. The molecule has 8 heteroatoms. The van der Waals surface area contributed by atoms with Crippen LogP contribution in [0.4, 0.5) is 0 Å². The van der Waals surface area contributed by atoms with Crippen LogP contribution in [0.25, 0.3) is 0 Å². The Morgan fingerprint density at radius 2 is 1.81 bits per heavy atom. The van der Waals surface area contributed by atoms with Crippen LogP contribution >= 0.6 is 11.3 Å². The average Bonchev–Trinajstić information content (AvgIpc) is 3.19. The Balaban J connectivity index is 1.88. The maximum atomic E-state index is 12.6. The molecule has 0 atom stereocenters. The maximum Gasteiger partial charge on any atom is 0.265 e. The van der Waals surface area contributed by atoms with Crippen LogP contribution in [-0.2, 0) is 14.8 Å². The molecule has 21 heavy (non-hydrogen) atoms. The van der Waals surface area contributed by atoms with E-state index in [1.54, 1.807) is 16.3 Å². The van der Waals surface area contributed by atoms with E-state index in [9.17, 15) is 13.2 Å². The topological polar surface area (TPSA) is 66.9 Å². The van der Waals surface area contributed by atoms with E-state index in [0.29, 0.717) is 44.3 Å². The van der Waals surface area contributed by atoms with Crippen molar-refractivity contribution in [2.75, 3.05) is 39.4 Å². The minimum Gasteiger partial charge on any atom is -0.378 e. The number of rotatable bonds is 3. The van der Waals surface area contributed by atoms with Gasteiger partial charge in [0.25, 0.3) is 5.91 Å². The molecular weight excluding hydrogens is 312 g/mol. The molecule has 1 aromatic heterocycles. The molecule has 3 rings (SSSR count). The molecule has 0 N–H and O–H groups in total. The van der Waals surface area contributed by atoms with Crippen molar-refractivity contribution in [2.24, 2.45) is 0 Å². The van der Waals surface area contributed by atoms with E-state index in [1.165, 1.54) is 15.6 Å². The van der Waals surface area contributed by atoms with Gasteiger partial charge in [0.15, 0.2) is 0 Å². The predicted octanol–water partition coefficient (Wildman–Crippen LogP) is 1.01. The number of amides is 1. The largest absolute Gasteiger partial charge is 0.378 e. The molecule has 0 aromatic carbocycles. The van der Waals surface area contributed by atoms with E-state index in [1.807, 2.05) is 0 Å². The van der Waals surface area contributed by atoms with E-state index < -0.39 is 10.0 Å². The summed E-state index contributed by atoms with van der Waals surface area (Å²) in [7, 11) is -3.54. The summed E-state index contributed by atoms with van der Waals surface area (Å²) in [5.41, 5.74) is 0. The molecule has 6 nitrogen and oxygen atoms in total. The van der Waals surface area contributed by atoms with Crippen molar-refractivity contribution in [3.63, 3.8) is 0 Å². The van der Waals surface area contributed by atoms with Gasteiger partial charge in [0.2, 0.25) is 10.0 Å². The van der Waals surface area contributed by atoms with Gasteiger partial charge < -0.3 is 9.64 Å². The molecule has 2 aliphatic rings. The summed E-state index contributed by atoms with van der Waals surface area (Å²) in [6.07, 6.45) is 1.77. The van der Waals surface area contributed by atoms with Crippen molar-refractivity contribution in [3.05, 3.63) is 16.3 Å². The van der Waals surface area contributed by atoms with Crippen molar-refractivity contribution in [1.29, 1.82) is 0 Å². The smallest absolute Gasteiger partial charge is 0.265 e. The molecule has 0 radical (unpaired) electrons. The first-order chi connectivity index (χ1) is 10.1. The summed E-state index contributed by atoms with van der Waals surface area (Å²) in [5.74, 6) is -0.203. The van der Waals surface area contributed by atoms with Crippen LogP contribution in [0.3, 0.4) is 0 Å². The van der Waals surface area contributed by atoms with Crippen LogP contribution in [0.5, 0.6) is 0 Å². The van der Waals surface area contributed by atoms with Gasteiger partial charge in [-0.2, -0.15) is 4.31 Å². The van der Waals surface area contributed by atoms with Crippen LogP contribution < -0.4 is 0 Å². The molecule has 3 heterocycles. The van der Waals surface area contributed by atoms with Gasteiger partial charge in [0, 0.05) is 26.2 Å². The zero-order valence-electron chi connectivity index (χ0n) is 11.7. The molecule has 0 aliphatic carbocycles. The molecule has 2 aliphatic heterocycles. The lowest BCUT2D eigenvalue weighted by Crippen LogP contribution is -2.41. The van der Waals surface area contributed by atoms with E-state index in [2.05, 4.69) is 0 Å². The normalized spacial score (nSPS) is 20.9. The third-order valence-corrected chi connectivity index (χ3v) is 6.78. The second-order valence-electron chi connectivity index (χ2n) is 5.13. The van der Waals surface area contributed by atoms with Crippen molar-refractivity contribution in [2.45, 2.75) is 17.7 Å². The minimum atomic E-state index is -3.54. The summed E-state index contributed by atoms with van der Waals surface area (Å²) < 4.78 is 32.0. The second kappa shape index (κ2) is 6.04. The number of carbonyl (C=O) groups excluding carboxylic acids is 1. The Morgan fingerprint density at radius 1 is 1.14 bits per heavy atom. The summed E-state index contributed by atoms with van der Waals surface area (Å²) in [5, 5.41) is 1.68. The van der Waals surface area contributed by atoms with Gasteiger partial charge in [-0.3, -0.25) is 4.79 Å². The van der Waals surface area contributed by atoms with Crippen molar-refractivity contribution in [3.8, 4) is 0 Å². The molecule has 2 saturated heterocycles. The molecule has 0 saturated carbocycles. The number of morpholine rings is 1. The fourth-order valence-corrected chi connectivity index (χ4v) is 5.51. The van der Waals surface area contributed by atoms with Crippen LogP contribution in [0.15, 0.2) is 16.3 Å². The lowest BCUT2D eigenvalue weighted by atomic mass is 10.3. The maximum absolute atomic E-state index is 12.6. The van der Waals surface area contributed by atoms with Gasteiger partial charge in [0.05, 0.1) is 13.2 Å². The summed E-state index contributed by atoms with van der Waals surface area (Å²) in [6.45, 7) is 3.13. The standard InChI is InChI=1S/C13H18N2O4S2/c16-13(14-6-8-19-9-7-14)12-11(3-10-20-12)21(17,18)15-4-1-2-5-15/h3,10H,1-2,4-9H2. The van der Waals surface area contributed by atoms with Gasteiger partial charge in [0.1, 0.15) is 9.77 Å². The lowest BCUT2D eigenvalue weighted by Gasteiger charge is -2.27. The molecule has 0 spiro atoms. The third kappa shape index (κ3) is 2.85. The number of hydrogen-bond acceptors (Lipinski definition) is 5. The first-order valence-corrected chi connectivity index (χ1v) is 9.37. The molecular formula is C13H18N2O4S2. The monoisotopic (exact) mass is 330 g/mol. The first kappa shape index (κ1) is 15.0. The highest BCUT2D eigenvalue weighted by Crippen LogP contribution is 2.28. The van der Waals surface area contributed by atoms with Crippen LogP contribution in [0.1, 0.15) is 22.5 Å². The quantitative estimate of drug-likeness (QED) is 0.829. The van der Waals surface area contributed by atoms with Crippen LogP contribution in [0.2, 0.25) is 0 Å². The van der Waals surface area contributed by atoms with E-state index >= 15 is 0 Å². The molecule has 116 valence electrons. The van der Waals surface area contributed by atoms with Gasteiger partial charge in [-0.15, -0.1) is 11.3 Å². The number of carbonyl (C=O) groups is 1. The molecule has 1 aromatic rings. The first-order valence-electron chi connectivity index (χ1n) is 7.05.